The number of aromatic nitrogens is 2. The molecule has 72 valence electrons. The highest BCUT2D eigenvalue weighted by Gasteiger charge is 2.11. The van der Waals surface area contributed by atoms with Crippen LogP contribution in [0.4, 0.5) is 0 Å². The van der Waals surface area contributed by atoms with Crippen LogP contribution in [0.3, 0.4) is 0 Å². The van der Waals surface area contributed by atoms with Gasteiger partial charge in [-0.25, -0.2) is 4.98 Å². The molecule has 1 rings (SSSR count). The standard InChI is InChI=1S/C9H14N2O2/c1-4-7-6(2)11(3)8(10-7)5-9(12)13/h4-5H2,1-3H3,(H,12,13). The zero-order valence-electron chi connectivity index (χ0n) is 8.16. The molecule has 1 aromatic heterocycles. The molecule has 13 heavy (non-hydrogen) atoms. The van der Waals surface area contributed by atoms with Crippen LogP contribution < -0.4 is 0 Å². The van der Waals surface area contributed by atoms with E-state index in [9.17, 15) is 4.79 Å². The van der Waals surface area contributed by atoms with Gasteiger partial charge in [-0.1, -0.05) is 6.92 Å². The Morgan fingerprint density at radius 3 is 2.62 bits per heavy atom. The lowest BCUT2D eigenvalue weighted by Gasteiger charge is -1.99. The molecule has 4 heteroatoms. The molecule has 0 spiro atoms. The Morgan fingerprint density at radius 1 is 1.62 bits per heavy atom. The van der Waals surface area contributed by atoms with Crippen molar-refractivity contribution < 1.29 is 9.90 Å². The minimum Gasteiger partial charge on any atom is -0.481 e. The summed E-state index contributed by atoms with van der Waals surface area (Å²) < 4.78 is 1.84. The Balaban J connectivity index is 3.02. The molecule has 0 radical (unpaired) electrons. The maximum atomic E-state index is 10.5. The fourth-order valence-corrected chi connectivity index (χ4v) is 1.33. The zero-order chi connectivity index (χ0) is 10.0. The predicted molar refractivity (Wildman–Crippen MR) is 48.7 cm³/mol. The number of hydrogen-bond acceptors (Lipinski definition) is 2. The fraction of sp³-hybridized carbons (Fsp3) is 0.556. The van der Waals surface area contributed by atoms with Gasteiger partial charge in [-0.2, -0.15) is 0 Å². The van der Waals surface area contributed by atoms with Gasteiger partial charge >= 0.3 is 5.97 Å². The number of carbonyl (C=O) groups is 1. The van der Waals surface area contributed by atoms with Crippen molar-refractivity contribution in [1.82, 2.24) is 9.55 Å². The minimum absolute atomic E-state index is 0.00264. The van der Waals surface area contributed by atoms with E-state index in [1.165, 1.54) is 0 Å². The predicted octanol–water partition coefficient (Wildman–Crippen LogP) is 0.918. The van der Waals surface area contributed by atoms with Crippen LogP contribution in [-0.2, 0) is 24.7 Å². The summed E-state index contributed by atoms with van der Waals surface area (Å²) in [5.74, 6) is -0.211. The van der Waals surface area contributed by atoms with E-state index >= 15 is 0 Å². The highest BCUT2D eigenvalue weighted by molar-refractivity contribution is 5.69. The van der Waals surface area contributed by atoms with Crippen molar-refractivity contribution in [1.29, 1.82) is 0 Å². The second-order valence-electron chi connectivity index (χ2n) is 3.04. The van der Waals surface area contributed by atoms with Gasteiger partial charge in [0.15, 0.2) is 0 Å². The maximum Gasteiger partial charge on any atom is 0.311 e. The Hall–Kier alpha value is -1.32. The van der Waals surface area contributed by atoms with Gasteiger partial charge in [0, 0.05) is 12.7 Å². The molecule has 0 amide bonds. The van der Waals surface area contributed by atoms with Crippen molar-refractivity contribution in [2.24, 2.45) is 7.05 Å². The number of rotatable bonds is 3. The zero-order valence-corrected chi connectivity index (χ0v) is 8.16. The van der Waals surface area contributed by atoms with Crippen LogP contribution >= 0.6 is 0 Å². The molecule has 0 aliphatic rings. The normalized spacial score (nSPS) is 10.4. The summed E-state index contributed by atoms with van der Waals surface area (Å²) in [5, 5.41) is 8.61. The molecule has 0 aliphatic heterocycles. The molecular weight excluding hydrogens is 168 g/mol. The van der Waals surface area contributed by atoms with Gasteiger partial charge in [-0.15, -0.1) is 0 Å². The first-order valence-electron chi connectivity index (χ1n) is 4.29. The number of aryl methyl sites for hydroxylation is 1. The van der Waals surface area contributed by atoms with Crippen molar-refractivity contribution in [3.05, 3.63) is 17.2 Å². The molecule has 0 unspecified atom stereocenters. The third kappa shape index (κ3) is 1.88. The Kier molecular flexibility index (Phi) is 2.70. The van der Waals surface area contributed by atoms with Crippen LogP contribution in [0.2, 0.25) is 0 Å². The van der Waals surface area contributed by atoms with E-state index < -0.39 is 5.97 Å². The average molecular weight is 182 g/mol. The summed E-state index contributed by atoms with van der Waals surface area (Å²) in [6, 6.07) is 0. The SMILES string of the molecule is CCc1nc(CC(=O)O)n(C)c1C. The Labute approximate surface area is 77.2 Å². The van der Waals surface area contributed by atoms with E-state index in [1.54, 1.807) is 0 Å². The third-order valence-corrected chi connectivity index (χ3v) is 2.22. The van der Waals surface area contributed by atoms with Gasteiger partial charge in [-0.3, -0.25) is 4.79 Å². The second-order valence-corrected chi connectivity index (χ2v) is 3.04. The van der Waals surface area contributed by atoms with Gasteiger partial charge in [-0.05, 0) is 13.3 Å². The van der Waals surface area contributed by atoms with Gasteiger partial charge < -0.3 is 9.67 Å². The lowest BCUT2D eigenvalue weighted by molar-refractivity contribution is -0.136. The first-order valence-corrected chi connectivity index (χ1v) is 4.29. The van der Waals surface area contributed by atoms with Crippen molar-refractivity contribution in [2.45, 2.75) is 26.7 Å². The minimum atomic E-state index is -0.837. The molecule has 1 aromatic rings. The van der Waals surface area contributed by atoms with Gasteiger partial charge in [0.25, 0.3) is 0 Å². The molecule has 0 fully saturated rings. The van der Waals surface area contributed by atoms with Crippen molar-refractivity contribution in [3.8, 4) is 0 Å². The quantitative estimate of drug-likeness (QED) is 0.756. The Morgan fingerprint density at radius 2 is 2.23 bits per heavy atom. The van der Waals surface area contributed by atoms with E-state index in [4.69, 9.17) is 5.11 Å². The van der Waals surface area contributed by atoms with Crippen LogP contribution in [0.25, 0.3) is 0 Å². The number of carboxylic acids is 1. The van der Waals surface area contributed by atoms with Crippen LogP contribution in [0, 0.1) is 6.92 Å². The van der Waals surface area contributed by atoms with Crippen molar-refractivity contribution in [2.75, 3.05) is 0 Å². The summed E-state index contributed by atoms with van der Waals surface area (Å²) in [4.78, 5) is 14.7. The summed E-state index contributed by atoms with van der Waals surface area (Å²) in [6.07, 6.45) is 0.844. The number of nitrogens with zero attached hydrogens (tertiary/aromatic N) is 2. The van der Waals surface area contributed by atoms with Gasteiger partial charge in [0.2, 0.25) is 0 Å². The number of hydrogen-bond donors (Lipinski definition) is 1. The molecule has 1 heterocycles. The fourth-order valence-electron chi connectivity index (χ4n) is 1.33. The van der Waals surface area contributed by atoms with E-state index in [-0.39, 0.29) is 6.42 Å². The summed E-state index contributed by atoms with van der Waals surface area (Å²) in [7, 11) is 1.85. The highest BCUT2D eigenvalue weighted by Crippen LogP contribution is 2.10. The molecule has 0 aromatic carbocycles. The van der Waals surface area contributed by atoms with Crippen molar-refractivity contribution in [3.63, 3.8) is 0 Å². The molecule has 4 nitrogen and oxygen atoms in total. The number of aliphatic carboxylic acids is 1. The maximum absolute atomic E-state index is 10.5. The molecular formula is C9H14N2O2. The molecule has 0 atom stereocenters. The molecule has 0 saturated carbocycles. The topological polar surface area (TPSA) is 55.1 Å². The molecule has 1 N–H and O–H groups in total. The van der Waals surface area contributed by atoms with Gasteiger partial charge in [0.1, 0.15) is 12.2 Å². The van der Waals surface area contributed by atoms with E-state index in [2.05, 4.69) is 4.98 Å². The average Bonchev–Trinajstić information content (AvgIpc) is 2.32. The van der Waals surface area contributed by atoms with E-state index in [0.717, 1.165) is 17.8 Å². The molecule has 0 saturated heterocycles. The number of carboxylic acid groups (broad SMARTS) is 1. The monoisotopic (exact) mass is 182 g/mol. The first kappa shape index (κ1) is 9.77. The van der Waals surface area contributed by atoms with Crippen molar-refractivity contribution >= 4 is 5.97 Å². The van der Waals surface area contributed by atoms with Gasteiger partial charge in [0.05, 0.1) is 5.69 Å². The lowest BCUT2D eigenvalue weighted by Crippen LogP contribution is -2.06. The summed E-state index contributed by atoms with van der Waals surface area (Å²) in [5.41, 5.74) is 2.04. The molecule has 0 aliphatic carbocycles. The third-order valence-electron chi connectivity index (χ3n) is 2.22. The summed E-state index contributed by atoms with van der Waals surface area (Å²) in [6.45, 7) is 3.97. The molecule has 0 bridgehead atoms. The number of imidazole rings is 1. The summed E-state index contributed by atoms with van der Waals surface area (Å²) >= 11 is 0. The largest absolute Gasteiger partial charge is 0.481 e. The first-order chi connectivity index (χ1) is 6.06. The lowest BCUT2D eigenvalue weighted by atomic mass is 10.3. The Bertz CT molecular complexity index is 329. The van der Waals surface area contributed by atoms with Crippen LogP contribution in [0.15, 0.2) is 0 Å². The van der Waals surface area contributed by atoms with E-state index in [0.29, 0.717) is 5.82 Å². The van der Waals surface area contributed by atoms with E-state index in [1.807, 2.05) is 25.5 Å². The second kappa shape index (κ2) is 3.60. The smallest absolute Gasteiger partial charge is 0.311 e. The van der Waals surface area contributed by atoms with Crippen LogP contribution in [0.5, 0.6) is 0 Å². The van der Waals surface area contributed by atoms with Crippen LogP contribution in [0.1, 0.15) is 24.1 Å². The van der Waals surface area contributed by atoms with Crippen LogP contribution in [-0.4, -0.2) is 20.6 Å². The highest BCUT2D eigenvalue weighted by atomic mass is 16.4.